The van der Waals surface area contributed by atoms with Gasteiger partial charge >= 0.3 is 0 Å². The predicted octanol–water partition coefficient (Wildman–Crippen LogP) is 5.10. The summed E-state index contributed by atoms with van der Waals surface area (Å²) < 4.78 is 0. The van der Waals surface area contributed by atoms with Gasteiger partial charge in [-0.25, -0.2) is 0 Å². The highest BCUT2D eigenvalue weighted by Gasteiger charge is 2.34. The molecule has 0 spiro atoms. The zero-order valence-corrected chi connectivity index (χ0v) is 16.2. The van der Waals surface area contributed by atoms with Crippen molar-refractivity contribution in [3.8, 4) is 12.0 Å². The molecule has 0 N–H and O–H groups in total. The minimum Gasteiger partial charge on any atom is -0.130 e. The number of benzene rings is 2. The van der Waals surface area contributed by atoms with Gasteiger partial charge in [0.15, 0.2) is 8.07 Å². The second-order valence-electron chi connectivity index (χ2n) is 6.39. The molecule has 0 atom stereocenters. The van der Waals surface area contributed by atoms with Gasteiger partial charge in [0, 0.05) is 0 Å². The van der Waals surface area contributed by atoms with Crippen molar-refractivity contribution in [3.05, 3.63) is 78.5 Å². The highest BCUT2D eigenvalue weighted by Crippen LogP contribution is 2.14. The molecule has 1 heteroatoms. The summed E-state index contributed by atoms with van der Waals surface area (Å²) in [6.45, 7) is 2.23. The third-order valence-electron chi connectivity index (χ3n) is 4.63. The minimum atomic E-state index is -2.16. The molecular weight excluding hydrogens is 316 g/mol. The third-order valence-corrected chi connectivity index (χ3v) is 8.80. The van der Waals surface area contributed by atoms with Gasteiger partial charge in [0.25, 0.3) is 0 Å². The first-order chi connectivity index (χ1) is 12.3. The second-order valence-corrected chi connectivity index (χ2v) is 10.1. The standard InChI is InChI=1S/C24H28Si/c1-3-5-6-7-8-9-10-17-22-25(4-2,23-18-13-11-14-19-23)24-20-15-12-16-21-24/h2,8,10-16,18-21H,3,5-7,17,22H2,1H3. The molecule has 0 saturated heterocycles. The summed E-state index contributed by atoms with van der Waals surface area (Å²) in [6, 6.07) is 22.3. The number of allylic oxidation sites excluding steroid dienone is 1. The lowest BCUT2D eigenvalue weighted by Gasteiger charge is -2.26. The van der Waals surface area contributed by atoms with E-state index < -0.39 is 8.07 Å². The summed E-state index contributed by atoms with van der Waals surface area (Å²) in [5, 5.41) is 2.65. The molecule has 0 amide bonds. The Kier molecular flexibility index (Phi) is 8.06. The Hall–Kier alpha value is -2.26. The van der Waals surface area contributed by atoms with E-state index in [1.807, 2.05) is 0 Å². The van der Waals surface area contributed by atoms with Crippen LogP contribution in [-0.2, 0) is 0 Å². The smallest absolute Gasteiger partial charge is 0.130 e. The zero-order valence-electron chi connectivity index (χ0n) is 15.2. The van der Waals surface area contributed by atoms with E-state index in [1.165, 1.54) is 29.6 Å². The van der Waals surface area contributed by atoms with Gasteiger partial charge in [-0.2, -0.15) is 0 Å². The van der Waals surface area contributed by atoms with Gasteiger partial charge in [-0.15, -0.1) is 17.7 Å². The Balaban J connectivity index is 2.17. The highest BCUT2D eigenvalue weighted by molar-refractivity contribution is 7.08. The SMILES string of the molecule is C#C[Si](CCC=C=CCCCCC)(c1ccccc1)c1ccccc1. The molecule has 0 saturated carbocycles. The molecule has 0 aliphatic rings. The van der Waals surface area contributed by atoms with Crippen molar-refractivity contribution >= 4 is 18.4 Å². The fourth-order valence-corrected chi connectivity index (χ4v) is 6.66. The molecule has 0 bridgehead atoms. The van der Waals surface area contributed by atoms with Crippen molar-refractivity contribution in [1.29, 1.82) is 0 Å². The van der Waals surface area contributed by atoms with Crippen molar-refractivity contribution in [3.63, 3.8) is 0 Å². The van der Waals surface area contributed by atoms with Crippen molar-refractivity contribution in [2.45, 2.75) is 45.1 Å². The maximum absolute atomic E-state index is 6.14. The molecule has 25 heavy (non-hydrogen) atoms. The molecule has 0 aliphatic heterocycles. The van der Waals surface area contributed by atoms with Gasteiger partial charge in [-0.05, 0) is 47.8 Å². The number of hydrogen-bond donors (Lipinski definition) is 0. The Labute approximate surface area is 154 Å². The van der Waals surface area contributed by atoms with E-state index in [4.69, 9.17) is 6.42 Å². The number of hydrogen-bond acceptors (Lipinski definition) is 0. The first-order valence-corrected chi connectivity index (χ1v) is 11.5. The normalized spacial score (nSPS) is 10.6. The molecule has 0 heterocycles. The minimum absolute atomic E-state index is 0.977. The van der Waals surface area contributed by atoms with Crippen LogP contribution < -0.4 is 10.4 Å². The Morgan fingerprint density at radius 2 is 1.40 bits per heavy atom. The molecule has 0 fully saturated rings. The van der Waals surface area contributed by atoms with Crippen LogP contribution in [0.2, 0.25) is 6.04 Å². The van der Waals surface area contributed by atoms with Crippen molar-refractivity contribution < 1.29 is 0 Å². The Bertz CT molecular complexity index is 676. The molecule has 0 radical (unpaired) electrons. The van der Waals surface area contributed by atoms with Crippen LogP contribution in [-0.4, -0.2) is 8.07 Å². The fraction of sp³-hybridized carbons (Fsp3) is 0.292. The zero-order chi connectivity index (χ0) is 17.8. The van der Waals surface area contributed by atoms with Crippen molar-refractivity contribution in [2.24, 2.45) is 0 Å². The highest BCUT2D eigenvalue weighted by atomic mass is 28.3. The average Bonchev–Trinajstić information content (AvgIpc) is 2.69. The summed E-state index contributed by atoms with van der Waals surface area (Å²) in [5.41, 5.74) is 6.60. The number of terminal acetylenes is 1. The average molecular weight is 345 g/mol. The topological polar surface area (TPSA) is 0 Å². The maximum Gasteiger partial charge on any atom is 0.199 e. The molecular formula is C24H28Si. The van der Waals surface area contributed by atoms with Gasteiger partial charge in [0.05, 0.1) is 0 Å². The molecule has 2 rings (SSSR count). The summed E-state index contributed by atoms with van der Waals surface area (Å²) in [4.78, 5) is 0. The van der Waals surface area contributed by atoms with Crippen molar-refractivity contribution in [1.82, 2.24) is 0 Å². The van der Waals surface area contributed by atoms with E-state index in [1.54, 1.807) is 0 Å². The van der Waals surface area contributed by atoms with Crippen LogP contribution in [0, 0.1) is 12.0 Å². The molecule has 0 aromatic heterocycles. The number of unbranched alkanes of at least 4 members (excludes halogenated alkanes) is 3. The summed E-state index contributed by atoms with van der Waals surface area (Å²) in [5.74, 6) is 0. The quantitative estimate of drug-likeness (QED) is 0.257. The van der Waals surface area contributed by atoms with E-state index in [2.05, 4.69) is 91.0 Å². The van der Waals surface area contributed by atoms with E-state index in [0.29, 0.717) is 0 Å². The summed E-state index contributed by atoms with van der Waals surface area (Å²) >= 11 is 0. The monoisotopic (exact) mass is 344 g/mol. The van der Waals surface area contributed by atoms with Crippen LogP contribution in [0.25, 0.3) is 0 Å². The Morgan fingerprint density at radius 3 is 1.92 bits per heavy atom. The van der Waals surface area contributed by atoms with E-state index in [-0.39, 0.29) is 0 Å². The molecule has 0 unspecified atom stereocenters. The van der Waals surface area contributed by atoms with Crippen LogP contribution >= 0.6 is 0 Å². The largest absolute Gasteiger partial charge is 0.199 e. The number of rotatable bonds is 9. The lowest BCUT2D eigenvalue weighted by molar-refractivity contribution is 0.729. The van der Waals surface area contributed by atoms with E-state index >= 15 is 0 Å². The summed E-state index contributed by atoms with van der Waals surface area (Å²) in [7, 11) is -2.16. The van der Waals surface area contributed by atoms with Gasteiger partial charge < -0.3 is 0 Å². The van der Waals surface area contributed by atoms with Crippen LogP contribution in [0.15, 0.2) is 78.5 Å². The van der Waals surface area contributed by atoms with Crippen LogP contribution in [0.5, 0.6) is 0 Å². The third kappa shape index (κ3) is 5.36. The van der Waals surface area contributed by atoms with Crippen LogP contribution in [0.3, 0.4) is 0 Å². The van der Waals surface area contributed by atoms with Gasteiger partial charge in [-0.3, -0.25) is 0 Å². The van der Waals surface area contributed by atoms with Gasteiger partial charge in [0.2, 0.25) is 0 Å². The van der Waals surface area contributed by atoms with E-state index in [0.717, 1.165) is 18.9 Å². The molecule has 2 aromatic rings. The molecule has 2 aromatic carbocycles. The summed E-state index contributed by atoms with van der Waals surface area (Å²) in [6.07, 6.45) is 16.4. The molecule has 128 valence electrons. The van der Waals surface area contributed by atoms with Gasteiger partial charge in [0.1, 0.15) is 0 Å². The van der Waals surface area contributed by atoms with Crippen molar-refractivity contribution in [2.75, 3.05) is 0 Å². The van der Waals surface area contributed by atoms with E-state index in [9.17, 15) is 0 Å². The first-order valence-electron chi connectivity index (χ1n) is 9.31. The second kappa shape index (κ2) is 10.6. The molecule has 0 aliphatic carbocycles. The van der Waals surface area contributed by atoms with Crippen LogP contribution in [0.1, 0.15) is 39.0 Å². The fourth-order valence-electron chi connectivity index (χ4n) is 3.17. The van der Waals surface area contributed by atoms with Crippen LogP contribution in [0.4, 0.5) is 0 Å². The lowest BCUT2D eigenvalue weighted by atomic mass is 10.2. The first kappa shape index (κ1) is 19.1. The Morgan fingerprint density at radius 1 is 0.840 bits per heavy atom. The predicted molar refractivity (Wildman–Crippen MR) is 113 cm³/mol. The lowest BCUT2D eigenvalue weighted by Crippen LogP contribution is -2.57. The van der Waals surface area contributed by atoms with Gasteiger partial charge in [-0.1, -0.05) is 80.4 Å². The maximum atomic E-state index is 6.14. The molecule has 0 nitrogen and oxygen atoms in total.